The number of nitrogens with zero attached hydrogens (tertiary/aromatic N) is 5. The van der Waals surface area contributed by atoms with Crippen molar-refractivity contribution in [3.63, 3.8) is 0 Å². The number of carbonyl (C=O) groups is 1. The Morgan fingerprint density at radius 3 is 2.33 bits per heavy atom. The van der Waals surface area contributed by atoms with Gasteiger partial charge in [0.1, 0.15) is 17.2 Å². The molecular weight excluding hydrogens is 682 g/mol. The molecule has 16 heteroatoms. The Morgan fingerprint density at radius 2 is 1.69 bits per heavy atom. The molecule has 4 heterocycles. The number of pyridine rings is 1. The van der Waals surface area contributed by atoms with E-state index in [1.807, 2.05) is 34.7 Å². The van der Waals surface area contributed by atoms with Crippen LogP contribution in [0.5, 0.6) is 17.4 Å². The Balaban J connectivity index is 1.04. The van der Waals surface area contributed by atoms with Crippen molar-refractivity contribution in [2.75, 3.05) is 37.5 Å². The first-order valence-electron chi connectivity index (χ1n) is 15.2. The minimum Gasteiger partial charge on any atom is -0.484 e. The third kappa shape index (κ3) is 8.14. The van der Waals surface area contributed by atoms with Gasteiger partial charge in [0, 0.05) is 57.3 Å². The zero-order valence-electron chi connectivity index (χ0n) is 26.8. The van der Waals surface area contributed by atoms with E-state index in [1.165, 1.54) is 18.3 Å². The van der Waals surface area contributed by atoms with E-state index in [-0.39, 0.29) is 27.4 Å². The zero-order chi connectivity index (χ0) is 34.9. The van der Waals surface area contributed by atoms with E-state index >= 15 is 0 Å². The van der Waals surface area contributed by atoms with Crippen LogP contribution in [0.2, 0.25) is 0 Å². The topological polar surface area (TPSA) is 119 Å². The van der Waals surface area contributed by atoms with Gasteiger partial charge in [0.05, 0.1) is 28.1 Å². The van der Waals surface area contributed by atoms with E-state index in [0.717, 1.165) is 27.8 Å². The highest BCUT2D eigenvalue weighted by molar-refractivity contribution is 7.94. The molecule has 6 rings (SSSR count). The summed E-state index contributed by atoms with van der Waals surface area (Å²) in [6.07, 6.45) is -3.01. The highest BCUT2D eigenvalue weighted by Gasteiger charge is 2.29. The molecule has 1 fully saturated rings. The van der Waals surface area contributed by atoms with Gasteiger partial charge in [0.15, 0.2) is 10.8 Å². The third-order valence-electron chi connectivity index (χ3n) is 7.94. The first-order chi connectivity index (χ1) is 23.2. The van der Waals surface area contributed by atoms with E-state index in [0.29, 0.717) is 54.9 Å². The predicted molar refractivity (Wildman–Crippen MR) is 179 cm³/mol. The summed E-state index contributed by atoms with van der Waals surface area (Å²) in [5, 5.41) is 1.53. The summed E-state index contributed by atoms with van der Waals surface area (Å²) in [5.74, 6) is 0.839. The van der Waals surface area contributed by atoms with Crippen molar-refractivity contribution in [1.29, 1.82) is 0 Å². The van der Waals surface area contributed by atoms with Crippen LogP contribution in [0, 0.1) is 13.8 Å². The molecule has 11 nitrogen and oxygen atoms in total. The molecule has 0 bridgehead atoms. The number of piperazine rings is 1. The van der Waals surface area contributed by atoms with Crippen LogP contribution in [0.4, 0.5) is 18.9 Å². The Morgan fingerprint density at radius 1 is 0.980 bits per heavy atom. The lowest BCUT2D eigenvalue weighted by atomic mass is 10.2. The highest BCUT2D eigenvalue weighted by Crippen LogP contribution is 2.29. The lowest BCUT2D eigenvalue weighted by Gasteiger charge is -2.34. The number of alkyl halides is 3. The monoisotopic (exact) mass is 714 g/mol. The molecule has 0 radical (unpaired) electrons. The predicted octanol–water partition coefficient (Wildman–Crippen LogP) is 6.14. The van der Waals surface area contributed by atoms with Gasteiger partial charge in [-0.1, -0.05) is 12.1 Å². The van der Waals surface area contributed by atoms with Gasteiger partial charge in [-0.25, -0.2) is 18.4 Å². The van der Waals surface area contributed by atoms with Crippen molar-refractivity contribution in [2.45, 2.75) is 30.8 Å². The van der Waals surface area contributed by atoms with Gasteiger partial charge in [-0.2, -0.15) is 13.2 Å². The summed E-state index contributed by atoms with van der Waals surface area (Å²) >= 11 is 1.10. The van der Waals surface area contributed by atoms with Gasteiger partial charge in [0.25, 0.3) is 15.9 Å². The van der Waals surface area contributed by atoms with E-state index < -0.39 is 22.8 Å². The maximum atomic E-state index is 13.5. The van der Waals surface area contributed by atoms with E-state index in [2.05, 4.69) is 19.6 Å². The van der Waals surface area contributed by atoms with Crippen LogP contribution in [0.25, 0.3) is 10.9 Å². The number of thiazole rings is 1. The van der Waals surface area contributed by atoms with E-state index in [9.17, 15) is 26.4 Å². The number of carbonyl (C=O) groups excluding carboxylic acids is 1. The molecule has 1 saturated heterocycles. The van der Waals surface area contributed by atoms with Crippen molar-refractivity contribution in [2.24, 2.45) is 7.05 Å². The van der Waals surface area contributed by atoms with E-state index in [4.69, 9.17) is 9.47 Å². The highest BCUT2D eigenvalue weighted by atomic mass is 32.2. The summed E-state index contributed by atoms with van der Waals surface area (Å²) < 4.78 is 78.0. The van der Waals surface area contributed by atoms with E-state index in [1.54, 1.807) is 44.2 Å². The number of fused-ring (bicyclic) bond motifs is 1. The van der Waals surface area contributed by atoms with Crippen LogP contribution in [-0.2, 0) is 23.6 Å². The molecule has 1 amide bonds. The number of hydrogen-bond donors (Lipinski definition) is 1. The van der Waals surface area contributed by atoms with Gasteiger partial charge in [0.2, 0.25) is 5.88 Å². The molecule has 3 aromatic heterocycles. The second-order valence-electron chi connectivity index (χ2n) is 11.6. The fraction of sp³-hybridized carbons (Fsp3) is 0.303. The fourth-order valence-corrected chi connectivity index (χ4v) is 8.08. The van der Waals surface area contributed by atoms with Gasteiger partial charge in [-0.3, -0.25) is 14.4 Å². The lowest BCUT2D eigenvalue weighted by Crippen LogP contribution is -2.48. The Labute approximate surface area is 285 Å². The molecule has 0 atom stereocenters. The molecule has 49 heavy (non-hydrogen) atoms. The molecule has 1 aliphatic heterocycles. The number of aromatic nitrogens is 3. The largest absolute Gasteiger partial charge is 0.484 e. The number of benzene rings is 2. The second-order valence-corrected chi connectivity index (χ2v) is 14.7. The normalized spacial score (nSPS) is 14.3. The van der Waals surface area contributed by atoms with Gasteiger partial charge in [-0.05, 0) is 55.8 Å². The molecule has 2 aromatic carbocycles. The number of aryl methyl sites for hydroxylation is 3. The molecule has 0 aliphatic carbocycles. The van der Waals surface area contributed by atoms with Gasteiger partial charge in [-0.15, -0.1) is 11.3 Å². The molecule has 258 valence electrons. The van der Waals surface area contributed by atoms with Crippen molar-refractivity contribution < 1.29 is 35.9 Å². The van der Waals surface area contributed by atoms with Crippen molar-refractivity contribution >= 4 is 43.9 Å². The first kappa shape index (κ1) is 34.2. The molecular formula is C33H33F3N6O5S2. The van der Waals surface area contributed by atoms with Crippen LogP contribution in [-0.4, -0.2) is 77.6 Å². The number of nitrogens with one attached hydrogen (secondary N) is 1. The first-order valence-corrected chi connectivity index (χ1v) is 17.5. The number of sulfonamides is 1. The number of halogens is 3. The van der Waals surface area contributed by atoms with Gasteiger partial charge >= 0.3 is 6.18 Å². The molecule has 5 aromatic rings. The van der Waals surface area contributed by atoms with Crippen LogP contribution in [0.15, 0.2) is 71.1 Å². The van der Waals surface area contributed by atoms with Crippen LogP contribution in [0.1, 0.15) is 26.8 Å². The van der Waals surface area contributed by atoms with Crippen LogP contribution >= 0.6 is 11.3 Å². The number of amides is 1. The summed E-state index contributed by atoms with van der Waals surface area (Å²) in [5.41, 5.74) is 3.00. The number of hydrogen-bond acceptors (Lipinski definition) is 9. The molecule has 1 aliphatic rings. The Kier molecular flexibility index (Phi) is 9.55. The van der Waals surface area contributed by atoms with Crippen molar-refractivity contribution in [3.8, 4) is 17.4 Å². The second kappa shape index (κ2) is 13.7. The van der Waals surface area contributed by atoms with Gasteiger partial charge < -0.3 is 18.9 Å². The summed E-state index contributed by atoms with van der Waals surface area (Å²) in [6, 6.07) is 17.0. The SMILES string of the molecule is Cc1nc(C)c(S(=O)(=O)Nc2ccc(Oc3ccc4cc(C(=O)N5CCN(Cc6ccc(OCC(F)(F)F)cc6)CC5)n(C)c4c3)nc2)s1. The quantitative estimate of drug-likeness (QED) is 0.183. The lowest BCUT2D eigenvalue weighted by molar-refractivity contribution is -0.153. The minimum atomic E-state index is -4.39. The third-order valence-corrected chi connectivity index (χ3v) is 11.0. The number of anilines is 1. The summed E-state index contributed by atoms with van der Waals surface area (Å²) in [7, 11) is -1.98. The van der Waals surface area contributed by atoms with Crippen molar-refractivity contribution in [1.82, 2.24) is 24.3 Å². The maximum Gasteiger partial charge on any atom is 0.422 e. The zero-order valence-corrected chi connectivity index (χ0v) is 28.5. The number of rotatable bonds is 10. The van der Waals surface area contributed by atoms with Crippen molar-refractivity contribution in [3.05, 3.63) is 88.8 Å². The molecule has 0 saturated carbocycles. The average Bonchev–Trinajstić information content (AvgIpc) is 3.59. The van der Waals surface area contributed by atoms with Crippen LogP contribution < -0.4 is 14.2 Å². The Bertz CT molecular complexity index is 2070. The minimum absolute atomic E-state index is 0.0876. The summed E-state index contributed by atoms with van der Waals surface area (Å²) in [6.45, 7) is 5.04. The molecule has 0 spiro atoms. The molecule has 0 unspecified atom stereocenters. The summed E-state index contributed by atoms with van der Waals surface area (Å²) in [4.78, 5) is 26.0. The fourth-order valence-electron chi connectivity index (χ4n) is 5.55. The average molecular weight is 715 g/mol. The standard InChI is InChI=1S/C33H33F3N6O5S2/c1-21-32(48-22(2)38-21)49(44,45)39-25-7-11-30(37-18-25)47-27-10-6-24-16-29(40(3)28(24)17-27)31(43)42-14-12-41(13-15-42)19-23-4-8-26(9-5-23)46-20-33(34,35)36/h4-11,16-18,39H,12-15,19-20H2,1-3H3. The smallest absolute Gasteiger partial charge is 0.422 e. The Hall–Kier alpha value is -4.67. The molecule has 1 N–H and O–H groups in total. The maximum absolute atomic E-state index is 13.5. The number of ether oxygens (including phenoxy) is 2. The van der Waals surface area contributed by atoms with Crippen LogP contribution in [0.3, 0.4) is 0 Å².